The minimum absolute atomic E-state index is 0.0149. The van der Waals surface area contributed by atoms with E-state index in [-0.39, 0.29) is 17.7 Å². The molecule has 1 rings (SSSR count). The number of nitro groups is 1. The molecule has 0 bridgehead atoms. The van der Waals surface area contributed by atoms with Gasteiger partial charge >= 0.3 is 0 Å². The van der Waals surface area contributed by atoms with E-state index in [1.807, 2.05) is 6.07 Å². The number of hydrogen-bond acceptors (Lipinski definition) is 4. The van der Waals surface area contributed by atoms with E-state index in [9.17, 15) is 14.9 Å². The Morgan fingerprint density at radius 3 is 2.82 bits per heavy atom. The summed E-state index contributed by atoms with van der Waals surface area (Å²) >= 11 is 3.11. The van der Waals surface area contributed by atoms with Crippen LogP contribution in [0.15, 0.2) is 22.7 Å². The maximum Gasteiger partial charge on any atom is 0.281 e. The molecule has 6 heteroatoms. The molecule has 17 heavy (non-hydrogen) atoms. The summed E-state index contributed by atoms with van der Waals surface area (Å²) in [5.41, 5.74) is -0.199. The molecule has 0 fully saturated rings. The number of carbonyl (C=O) groups excluding carboxylic acids is 1. The molecule has 0 aliphatic carbocycles. The van der Waals surface area contributed by atoms with Crippen LogP contribution in [0.25, 0.3) is 0 Å². The van der Waals surface area contributed by atoms with Crippen LogP contribution in [0.1, 0.15) is 23.7 Å². The molecule has 0 saturated heterocycles. The highest BCUT2D eigenvalue weighted by atomic mass is 79.9. The maximum atomic E-state index is 11.8. The molecule has 1 aromatic rings. The van der Waals surface area contributed by atoms with E-state index in [0.717, 1.165) is 0 Å². The van der Waals surface area contributed by atoms with Crippen molar-refractivity contribution in [3.8, 4) is 6.07 Å². The van der Waals surface area contributed by atoms with E-state index in [2.05, 4.69) is 15.9 Å². The SMILES string of the molecule is CC(C#N)CC(=O)c1ccc(Br)cc1[N+](=O)[O-]. The van der Waals surface area contributed by atoms with Crippen molar-refractivity contribution in [3.63, 3.8) is 0 Å². The number of hydrogen-bond donors (Lipinski definition) is 0. The van der Waals surface area contributed by atoms with Gasteiger partial charge < -0.3 is 0 Å². The number of nitrogens with zero attached hydrogens (tertiary/aromatic N) is 2. The van der Waals surface area contributed by atoms with Gasteiger partial charge in [0.05, 0.1) is 22.5 Å². The van der Waals surface area contributed by atoms with E-state index in [0.29, 0.717) is 4.47 Å². The molecule has 0 saturated carbocycles. The van der Waals surface area contributed by atoms with Crippen LogP contribution in [0.4, 0.5) is 5.69 Å². The summed E-state index contributed by atoms with van der Waals surface area (Å²) in [6.45, 7) is 1.60. The molecule has 5 nitrogen and oxygen atoms in total. The number of carbonyl (C=O) groups is 1. The molecule has 0 heterocycles. The lowest BCUT2D eigenvalue weighted by molar-refractivity contribution is -0.385. The van der Waals surface area contributed by atoms with Gasteiger partial charge in [0.1, 0.15) is 0 Å². The van der Waals surface area contributed by atoms with Crippen LogP contribution in [-0.4, -0.2) is 10.7 Å². The molecule has 88 valence electrons. The lowest BCUT2D eigenvalue weighted by Crippen LogP contribution is -2.07. The Labute approximate surface area is 106 Å². The molecule has 0 amide bonds. The molecular formula is C11H9BrN2O3. The van der Waals surface area contributed by atoms with E-state index in [1.54, 1.807) is 13.0 Å². The first-order chi connectivity index (χ1) is 7.95. The predicted molar refractivity (Wildman–Crippen MR) is 64.5 cm³/mol. The molecule has 0 radical (unpaired) electrons. The van der Waals surface area contributed by atoms with Crippen molar-refractivity contribution in [3.05, 3.63) is 38.3 Å². The number of Topliss-reactive ketones (excluding diaryl/α,β-unsaturated/α-hetero) is 1. The van der Waals surface area contributed by atoms with Gasteiger partial charge in [0, 0.05) is 17.0 Å². The predicted octanol–water partition coefficient (Wildman–Crippen LogP) is 3.09. The minimum Gasteiger partial charge on any atom is -0.294 e. The van der Waals surface area contributed by atoms with Crippen molar-refractivity contribution < 1.29 is 9.72 Å². The van der Waals surface area contributed by atoms with Crippen LogP contribution in [0.2, 0.25) is 0 Å². The fraction of sp³-hybridized carbons (Fsp3) is 0.273. The van der Waals surface area contributed by atoms with Gasteiger partial charge in [-0.3, -0.25) is 14.9 Å². The zero-order valence-electron chi connectivity index (χ0n) is 9.01. The summed E-state index contributed by atoms with van der Waals surface area (Å²) in [5, 5.41) is 19.4. The first kappa shape index (κ1) is 13.3. The number of ketones is 1. The molecule has 0 aliphatic rings. The molecule has 0 spiro atoms. The average molecular weight is 297 g/mol. The van der Waals surface area contributed by atoms with Gasteiger partial charge in [0.2, 0.25) is 0 Å². The zero-order valence-corrected chi connectivity index (χ0v) is 10.6. The fourth-order valence-electron chi connectivity index (χ4n) is 1.33. The molecule has 0 aliphatic heterocycles. The molecule has 1 unspecified atom stereocenters. The Morgan fingerprint density at radius 1 is 1.65 bits per heavy atom. The summed E-state index contributed by atoms with van der Waals surface area (Å²) in [4.78, 5) is 22.0. The highest BCUT2D eigenvalue weighted by Gasteiger charge is 2.21. The van der Waals surface area contributed by atoms with E-state index < -0.39 is 16.6 Å². The topological polar surface area (TPSA) is 84.0 Å². The number of rotatable bonds is 4. The number of nitro benzene ring substituents is 1. The van der Waals surface area contributed by atoms with E-state index in [4.69, 9.17) is 5.26 Å². The Morgan fingerprint density at radius 2 is 2.29 bits per heavy atom. The first-order valence-corrected chi connectivity index (χ1v) is 5.61. The second-order valence-corrected chi connectivity index (χ2v) is 4.49. The van der Waals surface area contributed by atoms with Gasteiger partial charge in [-0.15, -0.1) is 0 Å². The Hall–Kier alpha value is -1.74. The van der Waals surface area contributed by atoms with Crippen LogP contribution >= 0.6 is 15.9 Å². The largest absolute Gasteiger partial charge is 0.294 e. The Kier molecular flexibility index (Phi) is 4.35. The highest BCUT2D eigenvalue weighted by Crippen LogP contribution is 2.25. The smallest absolute Gasteiger partial charge is 0.281 e. The van der Waals surface area contributed by atoms with Crippen molar-refractivity contribution in [2.45, 2.75) is 13.3 Å². The molecule has 1 atom stereocenters. The van der Waals surface area contributed by atoms with Crippen LogP contribution in [0.5, 0.6) is 0 Å². The normalized spacial score (nSPS) is 11.6. The van der Waals surface area contributed by atoms with Crippen LogP contribution in [-0.2, 0) is 0 Å². The molecular weight excluding hydrogens is 288 g/mol. The monoisotopic (exact) mass is 296 g/mol. The Bertz CT molecular complexity index is 508. The van der Waals surface area contributed by atoms with E-state index >= 15 is 0 Å². The van der Waals surface area contributed by atoms with Crippen molar-refractivity contribution in [1.29, 1.82) is 5.26 Å². The summed E-state index contributed by atoms with van der Waals surface area (Å²) in [6.07, 6.45) is -0.0149. The number of halogens is 1. The van der Waals surface area contributed by atoms with Crippen molar-refractivity contribution in [2.75, 3.05) is 0 Å². The zero-order chi connectivity index (χ0) is 13.0. The lowest BCUT2D eigenvalue weighted by atomic mass is 10.00. The van der Waals surface area contributed by atoms with E-state index in [1.165, 1.54) is 12.1 Å². The second-order valence-electron chi connectivity index (χ2n) is 3.58. The highest BCUT2D eigenvalue weighted by molar-refractivity contribution is 9.10. The van der Waals surface area contributed by atoms with Gasteiger partial charge in [-0.1, -0.05) is 15.9 Å². The van der Waals surface area contributed by atoms with Gasteiger partial charge in [-0.2, -0.15) is 5.26 Å². The summed E-state index contributed by atoms with van der Waals surface area (Å²) < 4.78 is 0.536. The first-order valence-electron chi connectivity index (χ1n) is 4.82. The minimum atomic E-state index is -0.602. The summed E-state index contributed by atoms with van der Waals surface area (Å²) in [7, 11) is 0. The van der Waals surface area contributed by atoms with Crippen LogP contribution < -0.4 is 0 Å². The van der Waals surface area contributed by atoms with Gasteiger partial charge in [-0.25, -0.2) is 0 Å². The average Bonchev–Trinajstić information content (AvgIpc) is 2.28. The number of nitriles is 1. The quantitative estimate of drug-likeness (QED) is 0.485. The third-order valence-electron chi connectivity index (χ3n) is 2.17. The maximum absolute atomic E-state index is 11.8. The van der Waals surface area contributed by atoms with Crippen molar-refractivity contribution in [1.82, 2.24) is 0 Å². The van der Waals surface area contributed by atoms with Crippen LogP contribution in [0, 0.1) is 27.4 Å². The summed E-state index contributed by atoms with van der Waals surface area (Å²) in [6, 6.07) is 6.17. The fourth-order valence-corrected chi connectivity index (χ4v) is 1.67. The molecule has 1 aromatic carbocycles. The van der Waals surface area contributed by atoms with Crippen LogP contribution in [0.3, 0.4) is 0 Å². The molecule has 0 aromatic heterocycles. The van der Waals surface area contributed by atoms with Gasteiger partial charge in [-0.05, 0) is 19.1 Å². The molecule has 0 N–H and O–H groups in total. The number of benzene rings is 1. The second kappa shape index (κ2) is 5.55. The summed E-state index contributed by atoms with van der Waals surface area (Å²) in [5.74, 6) is -0.844. The third kappa shape index (κ3) is 3.36. The lowest BCUT2D eigenvalue weighted by Gasteiger charge is -2.03. The Balaban J connectivity index is 3.10. The van der Waals surface area contributed by atoms with Gasteiger partial charge in [0.25, 0.3) is 5.69 Å². The third-order valence-corrected chi connectivity index (χ3v) is 2.66. The standard InChI is InChI=1S/C11H9BrN2O3/c1-7(6-13)4-11(15)9-3-2-8(12)5-10(9)14(16)17/h2-3,5,7H,4H2,1H3. The van der Waals surface area contributed by atoms with Crippen molar-refractivity contribution >= 4 is 27.4 Å². The van der Waals surface area contributed by atoms with Gasteiger partial charge in [0.15, 0.2) is 5.78 Å². The van der Waals surface area contributed by atoms with Crippen molar-refractivity contribution in [2.24, 2.45) is 5.92 Å².